The van der Waals surface area contributed by atoms with Crippen molar-refractivity contribution in [3.63, 3.8) is 0 Å². The molecule has 0 aromatic heterocycles. The van der Waals surface area contributed by atoms with E-state index >= 15 is 0 Å². The second kappa shape index (κ2) is 3.23. The summed E-state index contributed by atoms with van der Waals surface area (Å²) < 4.78 is 0. The van der Waals surface area contributed by atoms with E-state index in [-0.39, 0.29) is 0 Å². The molecule has 0 saturated heterocycles. The number of hydrogen-bond acceptors (Lipinski definition) is 2. The quantitative estimate of drug-likeness (QED) is 0.684. The Morgan fingerprint density at radius 1 is 1.23 bits per heavy atom. The summed E-state index contributed by atoms with van der Waals surface area (Å²) in [5.74, 6) is 0.312. The second-order valence-corrected chi connectivity index (χ2v) is 3.56. The molecule has 13 heavy (non-hydrogen) atoms. The molecule has 0 aliphatic heterocycles. The number of phenols is 1. The molecule has 0 spiro atoms. The molecule has 1 aliphatic rings. The molecule has 0 amide bonds. The molecule has 1 aromatic rings. The predicted octanol–water partition coefficient (Wildman–Crippen LogP) is 1.90. The van der Waals surface area contributed by atoms with Gasteiger partial charge in [0.25, 0.3) is 0 Å². The van der Waals surface area contributed by atoms with Gasteiger partial charge in [-0.15, -0.1) is 0 Å². The Hall–Kier alpha value is -1.28. The minimum absolute atomic E-state index is 0.312. The van der Waals surface area contributed by atoms with E-state index < -0.39 is 0 Å². The van der Waals surface area contributed by atoms with E-state index in [9.17, 15) is 0 Å². The van der Waals surface area contributed by atoms with E-state index in [0.29, 0.717) is 11.8 Å². The summed E-state index contributed by atoms with van der Waals surface area (Å²) in [6.07, 6.45) is 4.17. The molecule has 2 nitrogen and oxygen atoms in total. The maximum atomic E-state index is 9.06. The molecule has 2 rings (SSSR count). The summed E-state index contributed by atoms with van der Waals surface area (Å²) in [7, 11) is 0. The first-order valence-corrected chi connectivity index (χ1v) is 4.48. The van der Waals surface area contributed by atoms with Gasteiger partial charge in [-0.05, 0) is 30.5 Å². The van der Waals surface area contributed by atoms with Crippen LogP contribution in [0.2, 0.25) is 0 Å². The number of nitrogens with two attached hydrogens (primary N) is 1. The lowest BCUT2D eigenvalue weighted by Crippen LogP contribution is -2.29. The average Bonchev–Trinajstić information content (AvgIpc) is 2.06. The largest absolute Gasteiger partial charge is 0.508 e. The van der Waals surface area contributed by atoms with Crippen molar-refractivity contribution >= 4 is 6.08 Å². The van der Waals surface area contributed by atoms with Crippen LogP contribution in [0.3, 0.4) is 0 Å². The Bertz CT molecular complexity index is 318. The highest BCUT2D eigenvalue weighted by molar-refractivity contribution is 5.55. The molecule has 3 N–H and O–H groups in total. The van der Waals surface area contributed by atoms with Gasteiger partial charge in [0.1, 0.15) is 5.75 Å². The fourth-order valence-electron chi connectivity index (χ4n) is 1.54. The Balaban J connectivity index is 2.10. The lowest BCUT2D eigenvalue weighted by atomic mass is 9.86. The van der Waals surface area contributed by atoms with Crippen LogP contribution in [-0.2, 0) is 0 Å². The van der Waals surface area contributed by atoms with Crippen molar-refractivity contribution in [2.24, 2.45) is 5.73 Å². The fraction of sp³-hybridized carbons (Fsp3) is 0.273. The van der Waals surface area contributed by atoms with E-state index in [1.807, 2.05) is 12.1 Å². The van der Waals surface area contributed by atoms with Crippen LogP contribution in [0.1, 0.15) is 18.4 Å². The van der Waals surface area contributed by atoms with E-state index in [1.54, 1.807) is 12.1 Å². The van der Waals surface area contributed by atoms with Crippen LogP contribution in [0.4, 0.5) is 0 Å². The van der Waals surface area contributed by atoms with Crippen LogP contribution in [0.15, 0.2) is 29.8 Å². The molecule has 1 aromatic carbocycles. The van der Waals surface area contributed by atoms with Crippen molar-refractivity contribution in [1.29, 1.82) is 0 Å². The fourth-order valence-corrected chi connectivity index (χ4v) is 1.54. The minimum atomic E-state index is 0.312. The van der Waals surface area contributed by atoms with E-state index in [4.69, 9.17) is 10.8 Å². The third-order valence-corrected chi connectivity index (χ3v) is 2.31. The summed E-state index contributed by atoms with van der Waals surface area (Å²) in [4.78, 5) is 0. The predicted molar refractivity (Wildman–Crippen MR) is 53.3 cm³/mol. The van der Waals surface area contributed by atoms with Gasteiger partial charge in [0.2, 0.25) is 0 Å². The molecule has 1 fully saturated rings. The zero-order chi connectivity index (χ0) is 9.26. The van der Waals surface area contributed by atoms with E-state index in [0.717, 1.165) is 18.4 Å². The SMILES string of the molecule is NC1CC(=Cc2ccc(O)cc2)C1. The number of phenolic OH excluding ortho intramolecular Hbond substituents is 1. The Labute approximate surface area is 77.7 Å². The summed E-state index contributed by atoms with van der Waals surface area (Å²) in [5, 5.41) is 9.06. The molecular weight excluding hydrogens is 162 g/mol. The van der Waals surface area contributed by atoms with Crippen molar-refractivity contribution in [2.75, 3.05) is 0 Å². The van der Waals surface area contributed by atoms with Crippen molar-refractivity contribution in [3.8, 4) is 5.75 Å². The van der Waals surface area contributed by atoms with Gasteiger partial charge in [0.05, 0.1) is 0 Å². The number of hydrogen-bond donors (Lipinski definition) is 2. The van der Waals surface area contributed by atoms with Crippen LogP contribution in [0.25, 0.3) is 6.08 Å². The summed E-state index contributed by atoms with van der Waals surface area (Å²) in [6, 6.07) is 7.58. The standard InChI is InChI=1S/C11H13NO/c12-10-6-9(7-10)5-8-1-3-11(13)4-2-8/h1-5,10,13H,6-7,12H2. The second-order valence-electron chi connectivity index (χ2n) is 3.56. The molecule has 0 heterocycles. The first kappa shape index (κ1) is 8.32. The van der Waals surface area contributed by atoms with Gasteiger partial charge in [0, 0.05) is 6.04 Å². The van der Waals surface area contributed by atoms with Gasteiger partial charge < -0.3 is 10.8 Å². The summed E-state index contributed by atoms with van der Waals surface area (Å²) in [6.45, 7) is 0. The molecule has 0 radical (unpaired) electrons. The van der Waals surface area contributed by atoms with Gasteiger partial charge >= 0.3 is 0 Å². The lowest BCUT2D eigenvalue weighted by Gasteiger charge is -2.25. The highest BCUT2D eigenvalue weighted by atomic mass is 16.3. The maximum Gasteiger partial charge on any atom is 0.115 e. The van der Waals surface area contributed by atoms with Gasteiger partial charge in [-0.3, -0.25) is 0 Å². The van der Waals surface area contributed by atoms with Gasteiger partial charge in [-0.1, -0.05) is 23.8 Å². The molecular formula is C11H13NO. The van der Waals surface area contributed by atoms with Crippen LogP contribution in [-0.4, -0.2) is 11.1 Å². The van der Waals surface area contributed by atoms with Crippen molar-refractivity contribution in [1.82, 2.24) is 0 Å². The number of benzene rings is 1. The van der Waals surface area contributed by atoms with Crippen molar-refractivity contribution in [2.45, 2.75) is 18.9 Å². The normalized spacial score (nSPS) is 21.0. The Kier molecular flexibility index (Phi) is 2.07. The molecule has 2 heteroatoms. The maximum absolute atomic E-state index is 9.06. The molecule has 68 valence electrons. The van der Waals surface area contributed by atoms with Crippen molar-refractivity contribution < 1.29 is 5.11 Å². The molecule has 0 bridgehead atoms. The van der Waals surface area contributed by atoms with E-state index in [1.165, 1.54) is 5.57 Å². The Morgan fingerprint density at radius 2 is 1.85 bits per heavy atom. The highest BCUT2D eigenvalue weighted by Gasteiger charge is 2.17. The summed E-state index contributed by atoms with van der Waals surface area (Å²) in [5.41, 5.74) is 8.21. The molecule has 1 aliphatic carbocycles. The number of rotatable bonds is 1. The first-order chi connectivity index (χ1) is 6.24. The third-order valence-electron chi connectivity index (χ3n) is 2.31. The van der Waals surface area contributed by atoms with Crippen LogP contribution < -0.4 is 5.73 Å². The zero-order valence-corrected chi connectivity index (χ0v) is 7.40. The van der Waals surface area contributed by atoms with Gasteiger partial charge in [-0.25, -0.2) is 0 Å². The first-order valence-electron chi connectivity index (χ1n) is 4.48. The molecule has 0 unspecified atom stereocenters. The smallest absolute Gasteiger partial charge is 0.115 e. The summed E-state index contributed by atoms with van der Waals surface area (Å²) >= 11 is 0. The lowest BCUT2D eigenvalue weighted by molar-refractivity contribution is 0.475. The third kappa shape index (κ3) is 1.90. The van der Waals surface area contributed by atoms with Crippen LogP contribution >= 0.6 is 0 Å². The topological polar surface area (TPSA) is 46.2 Å². The molecule has 1 saturated carbocycles. The van der Waals surface area contributed by atoms with Gasteiger partial charge in [-0.2, -0.15) is 0 Å². The van der Waals surface area contributed by atoms with Crippen LogP contribution in [0, 0.1) is 0 Å². The highest BCUT2D eigenvalue weighted by Crippen LogP contribution is 2.27. The van der Waals surface area contributed by atoms with Gasteiger partial charge in [0.15, 0.2) is 0 Å². The number of aromatic hydroxyl groups is 1. The monoisotopic (exact) mass is 175 g/mol. The molecule has 0 atom stereocenters. The minimum Gasteiger partial charge on any atom is -0.508 e. The van der Waals surface area contributed by atoms with Crippen molar-refractivity contribution in [3.05, 3.63) is 35.4 Å². The zero-order valence-electron chi connectivity index (χ0n) is 7.40. The van der Waals surface area contributed by atoms with E-state index in [2.05, 4.69) is 6.08 Å². The average molecular weight is 175 g/mol. The van der Waals surface area contributed by atoms with Crippen LogP contribution in [0.5, 0.6) is 5.75 Å². The Morgan fingerprint density at radius 3 is 2.38 bits per heavy atom.